The minimum Gasteiger partial charge on any atom is -0.366 e. The van der Waals surface area contributed by atoms with Crippen LogP contribution < -0.4 is 11.1 Å². The van der Waals surface area contributed by atoms with Gasteiger partial charge in [0, 0.05) is 11.4 Å². The van der Waals surface area contributed by atoms with E-state index in [1.54, 1.807) is 11.3 Å². The lowest BCUT2D eigenvalue weighted by Crippen LogP contribution is -2.27. The van der Waals surface area contributed by atoms with Gasteiger partial charge in [0.05, 0.1) is 21.2 Å². The van der Waals surface area contributed by atoms with E-state index in [1.807, 2.05) is 34.7 Å². The normalized spacial score (nSPS) is 13.5. The Morgan fingerprint density at radius 1 is 1.28 bits per heavy atom. The summed E-state index contributed by atoms with van der Waals surface area (Å²) in [6.07, 6.45) is 7.54. The maximum absolute atomic E-state index is 12.7. The number of aryl methyl sites for hydroxylation is 1. The van der Waals surface area contributed by atoms with Crippen LogP contribution in [0.2, 0.25) is 0 Å². The zero-order valence-electron chi connectivity index (χ0n) is 17.1. The number of amides is 2. The minimum atomic E-state index is -0.638. The van der Waals surface area contributed by atoms with Gasteiger partial charge < -0.3 is 11.1 Å². The summed E-state index contributed by atoms with van der Waals surface area (Å²) in [5, 5.41) is 12.4. The van der Waals surface area contributed by atoms with Crippen LogP contribution >= 0.6 is 34.9 Å². The first-order valence-electron chi connectivity index (χ1n) is 9.86. The van der Waals surface area contributed by atoms with Crippen LogP contribution in [0.3, 0.4) is 0 Å². The van der Waals surface area contributed by atoms with Crippen molar-refractivity contribution in [3.05, 3.63) is 75.8 Å². The highest BCUT2D eigenvalue weighted by Crippen LogP contribution is 2.31. The summed E-state index contributed by atoms with van der Waals surface area (Å²) in [5.74, 6) is -0.194. The third-order valence-electron chi connectivity index (χ3n) is 4.70. The average Bonchev–Trinajstić information content (AvgIpc) is 3.36. The number of thioether (sulfide) groups is 2. The van der Waals surface area contributed by atoms with Crippen molar-refractivity contribution < 1.29 is 9.59 Å². The van der Waals surface area contributed by atoms with Gasteiger partial charge in [0.1, 0.15) is 0 Å². The van der Waals surface area contributed by atoms with Crippen LogP contribution in [0, 0.1) is 0 Å². The maximum atomic E-state index is 12.7. The van der Waals surface area contributed by atoms with Crippen LogP contribution in [0.5, 0.6) is 0 Å². The number of primary amides is 1. The molecule has 0 unspecified atom stereocenters. The second-order valence-electron chi connectivity index (χ2n) is 6.88. The van der Waals surface area contributed by atoms with E-state index < -0.39 is 5.91 Å². The van der Waals surface area contributed by atoms with E-state index in [0.717, 1.165) is 23.4 Å². The van der Waals surface area contributed by atoms with Crippen molar-refractivity contribution >= 4 is 57.7 Å². The van der Waals surface area contributed by atoms with E-state index in [0.29, 0.717) is 15.9 Å². The van der Waals surface area contributed by atoms with E-state index in [9.17, 15) is 9.59 Å². The molecule has 0 radical (unpaired) electrons. The molecule has 164 valence electrons. The number of rotatable bonds is 9. The quantitative estimate of drug-likeness (QED) is 0.273. The molecule has 2 amide bonds. The molecule has 0 fully saturated rings. The number of carbonyl (C=O) groups excluding carboxylic acids is 2. The van der Waals surface area contributed by atoms with Crippen LogP contribution in [0.15, 0.2) is 64.8 Å². The van der Waals surface area contributed by atoms with Crippen molar-refractivity contribution in [2.75, 3.05) is 5.75 Å². The second-order valence-corrected chi connectivity index (χ2v) is 9.81. The third-order valence-corrected chi connectivity index (χ3v) is 7.76. The van der Waals surface area contributed by atoms with Crippen molar-refractivity contribution in [2.24, 2.45) is 5.73 Å². The Kier molecular flexibility index (Phi) is 7.13. The maximum Gasteiger partial charge on any atom is 0.251 e. The predicted octanol–water partition coefficient (Wildman–Crippen LogP) is 3.77. The van der Waals surface area contributed by atoms with Gasteiger partial charge in [-0.3, -0.25) is 14.0 Å². The summed E-state index contributed by atoms with van der Waals surface area (Å²) >= 11 is 4.24. The Morgan fingerprint density at radius 3 is 2.84 bits per heavy atom. The Labute approximate surface area is 197 Å². The van der Waals surface area contributed by atoms with Crippen LogP contribution in [-0.4, -0.2) is 32.2 Å². The highest BCUT2D eigenvalue weighted by molar-refractivity contribution is 8.02. The summed E-state index contributed by atoms with van der Waals surface area (Å²) in [6, 6.07) is 9.77. The van der Waals surface area contributed by atoms with E-state index >= 15 is 0 Å². The number of hydrogen-bond acceptors (Lipinski definition) is 7. The number of aromatic nitrogens is 3. The van der Waals surface area contributed by atoms with Gasteiger partial charge >= 0.3 is 0 Å². The zero-order chi connectivity index (χ0) is 22.5. The van der Waals surface area contributed by atoms with Crippen molar-refractivity contribution in [3.8, 4) is 0 Å². The molecule has 0 atom stereocenters. The molecule has 0 aliphatic heterocycles. The van der Waals surface area contributed by atoms with Crippen molar-refractivity contribution in [1.29, 1.82) is 0 Å². The number of fused-ring (bicyclic) bond motifs is 3. The molecule has 0 saturated carbocycles. The largest absolute Gasteiger partial charge is 0.366 e. The van der Waals surface area contributed by atoms with Crippen LogP contribution in [0.4, 0.5) is 0 Å². The lowest BCUT2D eigenvalue weighted by molar-refractivity contribution is -0.117. The molecule has 2 heterocycles. The van der Waals surface area contributed by atoms with E-state index in [2.05, 4.69) is 34.2 Å². The molecule has 1 aliphatic rings. The molecule has 3 aromatic rings. The Hall–Kier alpha value is -2.82. The molecule has 1 aliphatic carbocycles. The Balaban J connectivity index is 1.46. The molecule has 1 aromatic carbocycles. The molecule has 3 N–H and O–H groups in total. The molecule has 0 bridgehead atoms. The van der Waals surface area contributed by atoms with Gasteiger partial charge in [-0.15, -0.1) is 22.0 Å². The number of benzene rings is 1. The van der Waals surface area contributed by atoms with Crippen LogP contribution in [0.1, 0.15) is 22.6 Å². The lowest BCUT2D eigenvalue weighted by atomic mass is 10.1. The standard InChI is InChI=1S/C22H21N5O2S3/c1-2-15(19(23)29)20(30-12-14-8-4-3-5-9-14)24-18(28)13-31-21-25-26-22-27(21)16-10-6-7-11-17(16)32-22/h2-5,7-9,11H,1,6,10,12-13H2,(H2,23,29)(H,24,28)/b20-15+. The smallest absolute Gasteiger partial charge is 0.251 e. The van der Waals surface area contributed by atoms with Gasteiger partial charge in [-0.2, -0.15) is 0 Å². The summed E-state index contributed by atoms with van der Waals surface area (Å²) < 4.78 is 2.03. The molecule has 0 saturated heterocycles. The zero-order valence-corrected chi connectivity index (χ0v) is 19.6. The fourth-order valence-electron chi connectivity index (χ4n) is 3.20. The molecule has 2 aromatic heterocycles. The average molecular weight is 484 g/mol. The molecule has 7 nitrogen and oxygen atoms in total. The monoisotopic (exact) mass is 483 g/mol. The lowest BCUT2D eigenvalue weighted by Gasteiger charge is -2.12. The molecule has 4 rings (SSSR count). The first-order chi connectivity index (χ1) is 15.6. The Bertz CT molecular complexity index is 1230. The number of hydrogen-bond donors (Lipinski definition) is 2. The first kappa shape index (κ1) is 22.4. The van der Waals surface area contributed by atoms with Gasteiger partial charge in [0.15, 0.2) is 5.16 Å². The SMILES string of the molecule is C=C/C(C(N)=O)=C(/NC(=O)CSc1nnc2sc3c(n12)CCC=C3)SCc1ccccc1. The van der Waals surface area contributed by atoms with Crippen LogP contribution in [0.25, 0.3) is 11.0 Å². The van der Waals surface area contributed by atoms with E-state index in [-0.39, 0.29) is 17.2 Å². The highest BCUT2D eigenvalue weighted by Gasteiger charge is 2.20. The highest BCUT2D eigenvalue weighted by atomic mass is 32.2. The van der Waals surface area contributed by atoms with Gasteiger partial charge in [0.25, 0.3) is 5.91 Å². The van der Waals surface area contributed by atoms with Gasteiger partial charge in [-0.25, -0.2) is 0 Å². The predicted molar refractivity (Wildman–Crippen MR) is 131 cm³/mol. The van der Waals surface area contributed by atoms with Crippen LogP contribution in [-0.2, 0) is 21.8 Å². The Morgan fingerprint density at radius 2 is 2.09 bits per heavy atom. The summed E-state index contributed by atoms with van der Waals surface area (Å²) in [5.41, 5.74) is 7.93. The van der Waals surface area contributed by atoms with Gasteiger partial charge in [-0.05, 0) is 24.5 Å². The summed E-state index contributed by atoms with van der Waals surface area (Å²) in [7, 11) is 0. The third kappa shape index (κ3) is 4.98. The summed E-state index contributed by atoms with van der Waals surface area (Å²) in [4.78, 5) is 26.6. The topological polar surface area (TPSA) is 102 Å². The molecular weight excluding hydrogens is 462 g/mol. The van der Waals surface area contributed by atoms with Crippen molar-refractivity contribution in [2.45, 2.75) is 23.8 Å². The molecule has 32 heavy (non-hydrogen) atoms. The number of nitrogens with zero attached hydrogens (tertiary/aromatic N) is 3. The summed E-state index contributed by atoms with van der Waals surface area (Å²) in [6.45, 7) is 3.67. The van der Waals surface area contributed by atoms with Crippen molar-refractivity contribution in [3.63, 3.8) is 0 Å². The second kappa shape index (κ2) is 10.2. The number of allylic oxidation sites excluding steroid dienone is 1. The minimum absolute atomic E-state index is 0.125. The number of carbonyl (C=O) groups is 2. The first-order valence-corrected chi connectivity index (χ1v) is 12.6. The van der Waals surface area contributed by atoms with Crippen molar-refractivity contribution in [1.82, 2.24) is 19.9 Å². The number of nitrogens with two attached hydrogens (primary N) is 1. The molecule has 0 spiro atoms. The van der Waals surface area contributed by atoms with Gasteiger partial charge in [0.2, 0.25) is 10.9 Å². The van der Waals surface area contributed by atoms with Gasteiger partial charge in [-0.1, -0.05) is 72.2 Å². The fraction of sp³-hybridized carbons (Fsp3) is 0.182. The molecule has 10 heteroatoms. The number of thiazole rings is 1. The van der Waals surface area contributed by atoms with E-state index in [1.165, 1.54) is 40.2 Å². The fourth-order valence-corrected chi connectivity index (χ4v) is 6.08. The number of nitrogens with one attached hydrogen (secondary N) is 1. The van der Waals surface area contributed by atoms with E-state index in [4.69, 9.17) is 5.73 Å². The molecular formula is C22H21N5O2S3.